The quantitative estimate of drug-likeness (QED) is 0.339. The van der Waals surface area contributed by atoms with Crippen molar-refractivity contribution in [2.45, 2.75) is 24.3 Å². The van der Waals surface area contributed by atoms with Crippen LogP contribution in [0.25, 0.3) is 0 Å². The Morgan fingerprint density at radius 1 is 1.29 bits per heavy atom. The Hall–Kier alpha value is -3.13. The van der Waals surface area contributed by atoms with Gasteiger partial charge in [-0.3, -0.25) is 4.79 Å². The number of oxime groups is 1. The van der Waals surface area contributed by atoms with E-state index >= 15 is 0 Å². The highest BCUT2D eigenvalue weighted by atomic mass is 32.2. The van der Waals surface area contributed by atoms with E-state index in [1.54, 1.807) is 6.92 Å². The Balaban J connectivity index is 1.86. The third-order valence-corrected chi connectivity index (χ3v) is 6.93. The maximum atomic E-state index is 13.0. The number of nitrogens with zero attached hydrogens (tertiary/aromatic N) is 4. The lowest BCUT2D eigenvalue weighted by molar-refractivity contribution is -0.110. The number of aliphatic hydroxyl groups excluding tert-OH is 1. The molecule has 2 heterocycles. The number of anilines is 1. The molecule has 0 spiro atoms. The van der Waals surface area contributed by atoms with Crippen molar-refractivity contribution >= 4 is 27.5 Å². The number of likely N-dealkylation sites (N-methyl/N-ethyl adjacent to an activating group) is 1. The summed E-state index contributed by atoms with van der Waals surface area (Å²) in [6.07, 6.45) is 3.03. The standard InChI is InChI=1S/C21H27N5O7S/c1-3-26(9-10-27)34(29,30)17-6-4-15(5-7-17)20(25-33-16-8-11-32-14-16)21(28)24-18-12-23-19(31-2)13-22-18/h4-7,12-13,16,27H,3,8-11,14H2,1-2H3,(H,22,24,28)/b25-20+/t16-/m1/s1. The molecular weight excluding hydrogens is 466 g/mol. The highest BCUT2D eigenvalue weighted by Gasteiger charge is 2.24. The molecule has 3 rings (SSSR count). The van der Waals surface area contributed by atoms with Gasteiger partial charge in [0.15, 0.2) is 17.6 Å². The topological polar surface area (TPSA) is 153 Å². The lowest BCUT2D eigenvalue weighted by Gasteiger charge is -2.19. The maximum Gasteiger partial charge on any atom is 0.279 e. The number of sulfonamides is 1. The number of methoxy groups -OCH3 is 1. The molecule has 13 heteroatoms. The molecular formula is C21H27N5O7S. The van der Waals surface area contributed by atoms with Crippen LogP contribution in [0, 0.1) is 0 Å². The predicted molar refractivity (Wildman–Crippen MR) is 122 cm³/mol. The minimum Gasteiger partial charge on any atom is -0.480 e. The van der Waals surface area contributed by atoms with Crippen LogP contribution >= 0.6 is 0 Å². The number of hydrogen-bond acceptors (Lipinski definition) is 10. The van der Waals surface area contributed by atoms with E-state index in [1.807, 2.05) is 0 Å². The van der Waals surface area contributed by atoms with E-state index in [-0.39, 0.29) is 48.1 Å². The molecule has 1 aliphatic heterocycles. The second-order valence-corrected chi connectivity index (χ2v) is 9.11. The van der Waals surface area contributed by atoms with Crippen molar-refractivity contribution in [1.82, 2.24) is 14.3 Å². The van der Waals surface area contributed by atoms with Crippen LogP contribution in [0.15, 0.2) is 46.7 Å². The van der Waals surface area contributed by atoms with Gasteiger partial charge in [0.25, 0.3) is 5.91 Å². The molecule has 1 aromatic carbocycles. The summed E-state index contributed by atoms with van der Waals surface area (Å²) in [4.78, 5) is 26.6. The van der Waals surface area contributed by atoms with Crippen molar-refractivity contribution < 1.29 is 32.6 Å². The first-order chi connectivity index (χ1) is 16.4. The fourth-order valence-electron chi connectivity index (χ4n) is 3.10. The van der Waals surface area contributed by atoms with Crippen LogP contribution in [0.1, 0.15) is 18.9 Å². The fourth-order valence-corrected chi connectivity index (χ4v) is 4.54. The Morgan fingerprint density at radius 3 is 2.62 bits per heavy atom. The number of carbonyl (C=O) groups excluding carboxylic acids is 1. The van der Waals surface area contributed by atoms with Gasteiger partial charge < -0.3 is 24.7 Å². The fraction of sp³-hybridized carbons (Fsp3) is 0.429. The molecule has 0 bridgehead atoms. The minimum atomic E-state index is -3.80. The molecule has 34 heavy (non-hydrogen) atoms. The Bertz CT molecular complexity index is 1090. The van der Waals surface area contributed by atoms with Gasteiger partial charge in [-0.15, -0.1) is 0 Å². The normalized spacial score (nSPS) is 16.5. The van der Waals surface area contributed by atoms with Crippen molar-refractivity contribution in [3.8, 4) is 5.88 Å². The molecule has 1 amide bonds. The molecule has 1 aliphatic rings. The van der Waals surface area contributed by atoms with E-state index < -0.39 is 15.9 Å². The van der Waals surface area contributed by atoms with Crippen LogP contribution in [-0.4, -0.2) is 85.5 Å². The van der Waals surface area contributed by atoms with Crippen molar-refractivity contribution in [2.24, 2.45) is 5.16 Å². The number of carbonyl (C=O) groups is 1. The van der Waals surface area contributed by atoms with E-state index in [1.165, 1.54) is 43.8 Å². The molecule has 0 unspecified atom stereocenters. The molecule has 184 valence electrons. The molecule has 0 radical (unpaired) electrons. The molecule has 1 aromatic heterocycles. The van der Waals surface area contributed by atoms with Gasteiger partial charge >= 0.3 is 0 Å². The SMILES string of the molecule is CCN(CCO)S(=O)(=O)c1ccc(/C(=N\O[C@@H]2CCOC2)C(=O)Nc2cnc(OC)cn2)cc1. The number of rotatable bonds is 11. The lowest BCUT2D eigenvalue weighted by Crippen LogP contribution is -2.33. The summed E-state index contributed by atoms with van der Waals surface area (Å²) < 4.78 is 37.0. The number of ether oxygens (including phenoxy) is 2. The summed E-state index contributed by atoms with van der Waals surface area (Å²) in [6, 6.07) is 5.68. The number of amides is 1. The summed E-state index contributed by atoms with van der Waals surface area (Å²) >= 11 is 0. The van der Waals surface area contributed by atoms with Crippen molar-refractivity contribution in [2.75, 3.05) is 45.3 Å². The van der Waals surface area contributed by atoms with E-state index in [9.17, 15) is 13.2 Å². The molecule has 1 fully saturated rings. The zero-order chi connectivity index (χ0) is 24.6. The summed E-state index contributed by atoms with van der Waals surface area (Å²) in [6.45, 7) is 2.48. The third kappa shape index (κ3) is 6.26. The van der Waals surface area contributed by atoms with Crippen molar-refractivity contribution in [3.05, 3.63) is 42.2 Å². The molecule has 2 aromatic rings. The Kier molecular flexibility index (Phi) is 8.87. The van der Waals surface area contributed by atoms with Gasteiger partial charge in [-0.05, 0) is 12.1 Å². The minimum absolute atomic E-state index is 0.0180. The summed E-state index contributed by atoms with van der Waals surface area (Å²) in [7, 11) is -2.35. The largest absolute Gasteiger partial charge is 0.480 e. The first kappa shape index (κ1) is 25.5. The van der Waals surface area contributed by atoms with Crippen molar-refractivity contribution in [3.63, 3.8) is 0 Å². The predicted octanol–water partition coefficient (Wildman–Crippen LogP) is 0.636. The van der Waals surface area contributed by atoms with Gasteiger partial charge in [-0.1, -0.05) is 24.2 Å². The van der Waals surface area contributed by atoms with E-state index in [2.05, 4.69) is 20.4 Å². The van der Waals surface area contributed by atoms with Gasteiger partial charge in [-0.2, -0.15) is 4.31 Å². The monoisotopic (exact) mass is 493 g/mol. The highest BCUT2D eigenvalue weighted by molar-refractivity contribution is 7.89. The number of benzene rings is 1. The molecule has 1 atom stereocenters. The van der Waals surface area contributed by atoms with Crippen molar-refractivity contribution in [1.29, 1.82) is 0 Å². The second-order valence-electron chi connectivity index (χ2n) is 7.17. The van der Waals surface area contributed by atoms with Crippen LogP contribution < -0.4 is 10.1 Å². The average Bonchev–Trinajstić information content (AvgIpc) is 3.37. The van der Waals surface area contributed by atoms with Crippen LogP contribution in [0.5, 0.6) is 5.88 Å². The van der Waals surface area contributed by atoms with E-state index in [0.717, 1.165) is 4.31 Å². The number of hydrogen-bond donors (Lipinski definition) is 2. The van der Waals surface area contributed by atoms with Gasteiger partial charge in [-0.25, -0.2) is 18.4 Å². The van der Waals surface area contributed by atoms with Crippen LogP contribution in [0.4, 0.5) is 5.82 Å². The second kappa shape index (κ2) is 11.8. The molecule has 2 N–H and O–H groups in total. The summed E-state index contributed by atoms with van der Waals surface area (Å²) in [5.41, 5.74) is 0.262. The van der Waals surface area contributed by atoms with Gasteiger partial charge in [0, 0.05) is 25.1 Å². The van der Waals surface area contributed by atoms with Gasteiger partial charge in [0.2, 0.25) is 15.9 Å². The summed E-state index contributed by atoms with van der Waals surface area (Å²) in [5.74, 6) is -0.162. The molecule has 0 saturated carbocycles. The highest BCUT2D eigenvalue weighted by Crippen LogP contribution is 2.18. The zero-order valence-electron chi connectivity index (χ0n) is 18.9. The number of nitrogens with one attached hydrogen (secondary N) is 1. The number of aliphatic hydroxyl groups is 1. The zero-order valence-corrected chi connectivity index (χ0v) is 19.7. The lowest BCUT2D eigenvalue weighted by atomic mass is 10.1. The van der Waals surface area contributed by atoms with Crippen LogP contribution in [0.2, 0.25) is 0 Å². The number of aromatic nitrogens is 2. The molecule has 0 aliphatic carbocycles. The Morgan fingerprint density at radius 2 is 2.06 bits per heavy atom. The first-order valence-corrected chi connectivity index (χ1v) is 12.0. The van der Waals surface area contributed by atoms with E-state index in [0.29, 0.717) is 25.2 Å². The third-order valence-electron chi connectivity index (χ3n) is 4.94. The van der Waals surface area contributed by atoms with Gasteiger partial charge in [0.05, 0.1) is 44.2 Å². The van der Waals surface area contributed by atoms with Gasteiger partial charge in [0.1, 0.15) is 0 Å². The first-order valence-electron chi connectivity index (χ1n) is 10.6. The average molecular weight is 494 g/mol. The maximum absolute atomic E-state index is 13.0. The van der Waals surface area contributed by atoms with E-state index in [4.69, 9.17) is 19.4 Å². The van der Waals surface area contributed by atoms with Crippen LogP contribution in [-0.2, 0) is 24.4 Å². The smallest absolute Gasteiger partial charge is 0.279 e. The summed E-state index contributed by atoms with van der Waals surface area (Å²) in [5, 5.41) is 15.8. The van der Waals surface area contributed by atoms with Crippen LogP contribution in [0.3, 0.4) is 0 Å². The molecule has 12 nitrogen and oxygen atoms in total. The Labute approximate surface area is 197 Å². The molecule has 1 saturated heterocycles.